The fraction of sp³-hybridized carbons (Fsp3) is 0.571. The minimum absolute atomic E-state index is 0.161. The molecule has 3 nitrogen and oxygen atoms in total. The number of nitrogens with two attached hydrogens (primary N) is 1. The number of aliphatic hydroxyl groups is 1. The molecule has 4 N–H and O–H groups in total. The summed E-state index contributed by atoms with van der Waals surface area (Å²) in [5, 5.41) is 13.7. The molecule has 0 saturated heterocycles. The Hall–Kier alpha value is -0.930. The van der Waals surface area contributed by atoms with E-state index in [1.807, 2.05) is 19.1 Å². The Morgan fingerprint density at radius 2 is 2.00 bits per heavy atom. The lowest BCUT2D eigenvalue weighted by Crippen LogP contribution is -2.44. The van der Waals surface area contributed by atoms with E-state index in [0.29, 0.717) is 10.7 Å². The molecule has 0 spiro atoms. The second kappa shape index (κ2) is 5.37. The Bertz CT molecular complexity index is 428. The largest absolute Gasteiger partial charge is 0.398 e. The van der Waals surface area contributed by atoms with Crippen molar-refractivity contribution in [3.8, 4) is 0 Å². The summed E-state index contributed by atoms with van der Waals surface area (Å²) in [6.07, 6.45) is 5.59. The van der Waals surface area contributed by atoms with Crippen LogP contribution in [-0.4, -0.2) is 17.3 Å². The number of hydrogen-bond donors (Lipinski definition) is 3. The molecule has 1 aromatic rings. The molecule has 1 fully saturated rings. The zero-order valence-corrected chi connectivity index (χ0v) is 11.6. The molecular weight excluding hydrogens is 248 g/mol. The van der Waals surface area contributed by atoms with Gasteiger partial charge in [0.1, 0.15) is 0 Å². The van der Waals surface area contributed by atoms with Crippen LogP contribution in [0.2, 0.25) is 5.02 Å². The zero-order chi connectivity index (χ0) is 13.2. The summed E-state index contributed by atoms with van der Waals surface area (Å²) in [7, 11) is 0. The lowest BCUT2D eigenvalue weighted by molar-refractivity contribution is 0.173. The maximum Gasteiger partial charge on any atom is 0.0661 e. The molecule has 4 heteroatoms. The van der Waals surface area contributed by atoms with E-state index >= 15 is 0 Å². The molecule has 2 rings (SSSR count). The van der Waals surface area contributed by atoms with Gasteiger partial charge in [0, 0.05) is 5.69 Å². The molecule has 0 atom stereocenters. The van der Waals surface area contributed by atoms with Gasteiger partial charge < -0.3 is 16.2 Å². The average molecular weight is 269 g/mol. The SMILES string of the molecule is Cc1cc(N)c(Cl)cc1NC1(CO)CCCCC1. The lowest BCUT2D eigenvalue weighted by Gasteiger charge is -2.38. The Labute approximate surface area is 113 Å². The predicted octanol–water partition coefficient (Wildman–Crippen LogP) is 3.34. The summed E-state index contributed by atoms with van der Waals surface area (Å²) in [6, 6.07) is 3.73. The van der Waals surface area contributed by atoms with Crippen LogP contribution in [0.3, 0.4) is 0 Å². The number of halogens is 1. The number of nitrogens with one attached hydrogen (secondary N) is 1. The van der Waals surface area contributed by atoms with Crippen LogP contribution in [0.5, 0.6) is 0 Å². The smallest absolute Gasteiger partial charge is 0.0661 e. The molecule has 0 amide bonds. The molecular formula is C14H21ClN2O. The van der Waals surface area contributed by atoms with Crippen LogP contribution in [0.25, 0.3) is 0 Å². The summed E-state index contributed by atoms with van der Waals surface area (Å²) in [5.41, 5.74) is 8.23. The van der Waals surface area contributed by atoms with Crippen LogP contribution in [0, 0.1) is 6.92 Å². The van der Waals surface area contributed by atoms with Crippen molar-refractivity contribution in [2.45, 2.75) is 44.6 Å². The van der Waals surface area contributed by atoms with E-state index in [1.54, 1.807) is 0 Å². The van der Waals surface area contributed by atoms with Crippen molar-refractivity contribution in [1.82, 2.24) is 0 Å². The molecule has 100 valence electrons. The fourth-order valence-electron chi connectivity index (χ4n) is 2.68. The first-order valence-electron chi connectivity index (χ1n) is 6.51. The Morgan fingerprint density at radius 3 is 2.61 bits per heavy atom. The number of aliphatic hydroxyl groups excluding tert-OH is 1. The van der Waals surface area contributed by atoms with E-state index in [0.717, 1.165) is 36.9 Å². The van der Waals surface area contributed by atoms with Gasteiger partial charge in [-0.1, -0.05) is 30.9 Å². The number of aryl methyl sites for hydroxylation is 1. The number of benzene rings is 1. The lowest BCUT2D eigenvalue weighted by atomic mass is 9.82. The third-order valence-corrected chi connectivity index (χ3v) is 4.18. The van der Waals surface area contributed by atoms with Gasteiger partial charge in [0.15, 0.2) is 0 Å². The van der Waals surface area contributed by atoms with Crippen LogP contribution in [-0.2, 0) is 0 Å². The summed E-state index contributed by atoms with van der Waals surface area (Å²) in [5.74, 6) is 0. The van der Waals surface area contributed by atoms with Gasteiger partial charge >= 0.3 is 0 Å². The highest BCUT2D eigenvalue weighted by atomic mass is 35.5. The van der Waals surface area contributed by atoms with Crippen molar-refractivity contribution in [1.29, 1.82) is 0 Å². The molecule has 0 aliphatic heterocycles. The number of hydrogen-bond acceptors (Lipinski definition) is 3. The average Bonchev–Trinajstić information content (AvgIpc) is 2.37. The van der Waals surface area contributed by atoms with Gasteiger partial charge in [-0.15, -0.1) is 0 Å². The van der Waals surface area contributed by atoms with Crippen molar-refractivity contribution in [3.63, 3.8) is 0 Å². The maximum absolute atomic E-state index is 9.70. The van der Waals surface area contributed by atoms with Gasteiger partial charge in [-0.3, -0.25) is 0 Å². The Kier molecular flexibility index (Phi) is 4.03. The minimum Gasteiger partial charge on any atom is -0.398 e. The van der Waals surface area contributed by atoms with Crippen molar-refractivity contribution in [2.24, 2.45) is 0 Å². The molecule has 0 heterocycles. The molecule has 1 aromatic carbocycles. The normalized spacial score (nSPS) is 18.6. The number of rotatable bonds is 3. The number of anilines is 2. The van der Waals surface area contributed by atoms with Crippen molar-refractivity contribution >= 4 is 23.0 Å². The fourth-order valence-corrected chi connectivity index (χ4v) is 2.84. The molecule has 1 saturated carbocycles. The summed E-state index contributed by atoms with van der Waals surface area (Å²) in [6.45, 7) is 2.16. The van der Waals surface area contributed by atoms with E-state index < -0.39 is 0 Å². The summed E-state index contributed by atoms with van der Waals surface area (Å²) in [4.78, 5) is 0. The van der Waals surface area contributed by atoms with Crippen LogP contribution < -0.4 is 11.1 Å². The van der Waals surface area contributed by atoms with E-state index in [4.69, 9.17) is 17.3 Å². The monoisotopic (exact) mass is 268 g/mol. The van der Waals surface area contributed by atoms with Gasteiger partial charge in [-0.2, -0.15) is 0 Å². The van der Waals surface area contributed by atoms with Gasteiger partial charge in [0.05, 0.1) is 22.9 Å². The van der Waals surface area contributed by atoms with Crippen LogP contribution in [0.1, 0.15) is 37.7 Å². The van der Waals surface area contributed by atoms with Crippen molar-refractivity contribution in [3.05, 3.63) is 22.7 Å². The van der Waals surface area contributed by atoms with Gasteiger partial charge in [-0.05, 0) is 37.5 Å². The van der Waals surface area contributed by atoms with Crippen LogP contribution in [0.4, 0.5) is 11.4 Å². The standard InChI is InChI=1S/C14H21ClN2O/c1-10-7-12(16)11(15)8-13(10)17-14(9-18)5-3-2-4-6-14/h7-8,17-18H,2-6,9,16H2,1H3. The van der Waals surface area contributed by atoms with Gasteiger partial charge in [0.25, 0.3) is 0 Å². The number of nitrogen functional groups attached to an aromatic ring is 1. The van der Waals surface area contributed by atoms with Crippen molar-refractivity contribution < 1.29 is 5.11 Å². The molecule has 0 aromatic heterocycles. The summed E-state index contributed by atoms with van der Waals surface area (Å²) < 4.78 is 0. The van der Waals surface area contributed by atoms with E-state index in [1.165, 1.54) is 6.42 Å². The first-order chi connectivity index (χ1) is 8.56. The molecule has 1 aliphatic rings. The second-order valence-electron chi connectivity index (χ2n) is 5.31. The minimum atomic E-state index is -0.192. The first kappa shape index (κ1) is 13.5. The van der Waals surface area contributed by atoms with Crippen LogP contribution in [0.15, 0.2) is 12.1 Å². The zero-order valence-electron chi connectivity index (χ0n) is 10.8. The molecule has 0 radical (unpaired) electrons. The summed E-state index contributed by atoms with van der Waals surface area (Å²) >= 11 is 6.06. The Balaban J connectivity index is 2.24. The third kappa shape index (κ3) is 2.73. The molecule has 1 aliphatic carbocycles. The highest BCUT2D eigenvalue weighted by molar-refractivity contribution is 6.33. The van der Waals surface area contributed by atoms with E-state index in [9.17, 15) is 5.11 Å². The van der Waals surface area contributed by atoms with E-state index in [-0.39, 0.29) is 12.1 Å². The highest BCUT2D eigenvalue weighted by Crippen LogP contribution is 2.34. The van der Waals surface area contributed by atoms with Crippen LogP contribution >= 0.6 is 11.6 Å². The third-order valence-electron chi connectivity index (χ3n) is 3.86. The molecule has 18 heavy (non-hydrogen) atoms. The van der Waals surface area contributed by atoms with Gasteiger partial charge in [0.2, 0.25) is 0 Å². The Morgan fingerprint density at radius 1 is 1.33 bits per heavy atom. The molecule has 0 unspecified atom stereocenters. The first-order valence-corrected chi connectivity index (χ1v) is 6.89. The highest BCUT2D eigenvalue weighted by Gasteiger charge is 2.31. The predicted molar refractivity (Wildman–Crippen MR) is 77.1 cm³/mol. The quantitative estimate of drug-likeness (QED) is 0.737. The topological polar surface area (TPSA) is 58.3 Å². The maximum atomic E-state index is 9.70. The van der Waals surface area contributed by atoms with Crippen molar-refractivity contribution in [2.75, 3.05) is 17.7 Å². The second-order valence-corrected chi connectivity index (χ2v) is 5.72. The molecule has 0 bridgehead atoms. The van der Waals surface area contributed by atoms with E-state index in [2.05, 4.69) is 5.32 Å². The van der Waals surface area contributed by atoms with Gasteiger partial charge in [-0.25, -0.2) is 0 Å².